The summed E-state index contributed by atoms with van der Waals surface area (Å²) in [6.07, 6.45) is 0. The van der Waals surface area contributed by atoms with E-state index in [0.29, 0.717) is 23.5 Å². The van der Waals surface area contributed by atoms with Crippen LogP contribution in [0.2, 0.25) is 0 Å². The molecular weight excluding hydrogens is 609 g/mol. The van der Waals surface area contributed by atoms with Crippen molar-refractivity contribution in [3.63, 3.8) is 0 Å². The number of aromatic nitrogens is 4. The van der Waals surface area contributed by atoms with Gasteiger partial charge in [-0.15, -0.1) is 0 Å². The highest BCUT2D eigenvalue weighted by molar-refractivity contribution is 6.12. The summed E-state index contributed by atoms with van der Waals surface area (Å²) in [4.78, 5) is 14.9. The molecule has 0 saturated carbocycles. The summed E-state index contributed by atoms with van der Waals surface area (Å²) in [6.45, 7) is 0. The highest BCUT2D eigenvalue weighted by Crippen LogP contribution is 2.54. The zero-order valence-corrected chi connectivity index (χ0v) is 27.0. The molecule has 4 nitrogen and oxygen atoms in total. The largest absolute Gasteiger partial charge is 0.309 e. The van der Waals surface area contributed by atoms with Crippen LogP contribution in [0.15, 0.2) is 182 Å². The molecule has 1 aliphatic heterocycles. The topological polar surface area (TPSA) is 43.6 Å². The van der Waals surface area contributed by atoms with Gasteiger partial charge >= 0.3 is 0 Å². The Balaban J connectivity index is 1.23. The van der Waals surface area contributed by atoms with Crippen LogP contribution in [0.4, 0.5) is 0 Å². The highest BCUT2D eigenvalue weighted by Gasteiger charge is 2.45. The van der Waals surface area contributed by atoms with E-state index in [4.69, 9.17) is 16.3 Å². The van der Waals surface area contributed by atoms with E-state index in [1.807, 2.05) is 72.8 Å². The van der Waals surface area contributed by atoms with Gasteiger partial charge in [0.05, 0.1) is 23.5 Å². The van der Waals surface area contributed by atoms with Crippen LogP contribution in [0.1, 0.15) is 23.6 Å². The fraction of sp³-hybridized carbons (Fsp3) is 0.0217. The minimum absolute atomic E-state index is 0.508. The molecule has 50 heavy (non-hydrogen) atoms. The maximum atomic E-state index is 8.47. The first-order chi connectivity index (χ1) is 25.2. The molecule has 0 radical (unpaired) electrons. The summed E-state index contributed by atoms with van der Waals surface area (Å²) < 4.78 is 10.9. The number of benzene rings is 7. The summed E-state index contributed by atoms with van der Waals surface area (Å²) in [5.41, 5.74) is 10.3. The molecule has 0 amide bonds. The molecule has 10 rings (SSSR count). The van der Waals surface area contributed by atoms with Crippen LogP contribution in [0.25, 0.3) is 61.7 Å². The van der Waals surface area contributed by atoms with E-state index in [0.717, 1.165) is 44.2 Å². The van der Waals surface area contributed by atoms with Crippen molar-refractivity contribution in [1.82, 2.24) is 19.5 Å². The Morgan fingerprint density at radius 2 is 0.960 bits per heavy atom. The van der Waals surface area contributed by atoms with Gasteiger partial charge in [0.15, 0.2) is 17.5 Å². The molecule has 0 N–H and O–H groups in total. The number of fused-ring (bicyclic) bond motifs is 5. The van der Waals surface area contributed by atoms with Crippen LogP contribution in [0.3, 0.4) is 0 Å². The van der Waals surface area contributed by atoms with E-state index in [2.05, 4.69) is 108 Å². The van der Waals surface area contributed by atoms with Gasteiger partial charge < -0.3 is 4.57 Å². The van der Waals surface area contributed by atoms with E-state index in [1.165, 1.54) is 22.2 Å². The van der Waals surface area contributed by atoms with Gasteiger partial charge in [0.2, 0.25) is 0 Å². The molecular formula is C46H30N4. The maximum absolute atomic E-state index is 8.47. The number of hydrogen-bond donors (Lipinski definition) is 0. The second-order valence-corrected chi connectivity index (χ2v) is 12.7. The third-order valence-electron chi connectivity index (χ3n) is 10.1. The minimum Gasteiger partial charge on any atom is -0.309 e. The van der Waals surface area contributed by atoms with Gasteiger partial charge in [0.1, 0.15) is 0 Å². The van der Waals surface area contributed by atoms with Crippen LogP contribution in [-0.4, -0.2) is 19.5 Å². The molecule has 0 saturated heterocycles. The lowest BCUT2D eigenvalue weighted by Gasteiger charge is -2.41. The van der Waals surface area contributed by atoms with Crippen molar-refractivity contribution in [1.29, 1.82) is 0 Å². The van der Waals surface area contributed by atoms with Gasteiger partial charge in [0, 0.05) is 27.5 Å². The molecule has 9 aromatic rings. The number of rotatable bonds is 5. The number of hydrogen-bond acceptors (Lipinski definition) is 3. The highest BCUT2D eigenvalue weighted by atomic mass is 15.0. The van der Waals surface area contributed by atoms with E-state index >= 15 is 0 Å². The molecule has 4 heteroatoms. The van der Waals surface area contributed by atoms with Crippen molar-refractivity contribution < 1.29 is 1.37 Å². The molecule has 0 bridgehead atoms. The number of para-hydroxylation sites is 3. The lowest BCUT2D eigenvalue weighted by Crippen LogP contribution is -2.35. The SMILES string of the molecule is [2H]c1ccc2c(c1)c1cccc3c1n2-c1ccccc1C3(c1ccccc1)c1ccc(-c2nc(-c3ccccc3)nc(-c3ccccc3)n2)cc1. The molecule has 1 unspecified atom stereocenters. The first-order valence-electron chi connectivity index (χ1n) is 17.4. The van der Waals surface area contributed by atoms with Gasteiger partial charge in [-0.3, -0.25) is 0 Å². The summed E-state index contributed by atoms with van der Waals surface area (Å²) in [5, 5.41) is 2.24. The lowest BCUT2D eigenvalue weighted by atomic mass is 9.63. The maximum Gasteiger partial charge on any atom is 0.164 e. The van der Waals surface area contributed by atoms with Crippen molar-refractivity contribution in [3.05, 3.63) is 204 Å². The lowest BCUT2D eigenvalue weighted by molar-refractivity contribution is 0.728. The summed E-state index contributed by atoms with van der Waals surface area (Å²) in [7, 11) is 0. The first-order valence-corrected chi connectivity index (χ1v) is 16.9. The van der Waals surface area contributed by atoms with Crippen molar-refractivity contribution in [2.45, 2.75) is 5.41 Å². The van der Waals surface area contributed by atoms with Crippen molar-refractivity contribution in [2.75, 3.05) is 0 Å². The Kier molecular flexibility index (Phi) is 6.13. The molecule has 2 aromatic heterocycles. The van der Waals surface area contributed by atoms with Gasteiger partial charge in [-0.1, -0.05) is 170 Å². The summed E-state index contributed by atoms with van der Waals surface area (Å²) in [5.74, 6) is 1.90. The third-order valence-corrected chi connectivity index (χ3v) is 10.1. The smallest absolute Gasteiger partial charge is 0.164 e. The quantitative estimate of drug-likeness (QED) is 0.188. The first kappa shape index (κ1) is 27.3. The fourth-order valence-electron chi connectivity index (χ4n) is 7.92. The molecule has 234 valence electrons. The van der Waals surface area contributed by atoms with Gasteiger partial charge in [0.25, 0.3) is 0 Å². The van der Waals surface area contributed by atoms with Crippen molar-refractivity contribution in [2.24, 2.45) is 0 Å². The normalized spacial score (nSPS) is 15.2. The fourth-order valence-corrected chi connectivity index (χ4v) is 7.92. The average Bonchev–Trinajstić information content (AvgIpc) is 3.53. The van der Waals surface area contributed by atoms with E-state index in [-0.39, 0.29) is 0 Å². The molecule has 7 aromatic carbocycles. The molecule has 1 atom stereocenters. The van der Waals surface area contributed by atoms with Crippen LogP contribution in [-0.2, 0) is 5.41 Å². The Labute approximate surface area is 291 Å². The second kappa shape index (κ2) is 11.2. The molecule has 1 aliphatic rings. The zero-order valence-electron chi connectivity index (χ0n) is 28.0. The predicted molar refractivity (Wildman–Crippen MR) is 202 cm³/mol. The van der Waals surface area contributed by atoms with Gasteiger partial charge in [-0.2, -0.15) is 0 Å². The minimum atomic E-state index is -0.617. The van der Waals surface area contributed by atoms with Crippen molar-refractivity contribution in [3.8, 4) is 39.9 Å². The molecule has 3 heterocycles. The Morgan fingerprint density at radius 3 is 1.62 bits per heavy atom. The monoisotopic (exact) mass is 639 g/mol. The Bertz CT molecular complexity index is 2680. The second-order valence-electron chi connectivity index (χ2n) is 12.7. The summed E-state index contributed by atoms with van der Waals surface area (Å²) >= 11 is 0. The van der Waals surface area contributed by atoms with Gasteiger partial charge in [-0.05, 0) is 34.4 Å². The third kappa shape index (κ3) is 4.15. The Morgan fingerprint density at radius 1 is 0.420 bits per heavy atom. The van der Waals surface area contributed by atoms with E-state index in [9.17, 15) is 0 Å². The molecule has 0 aliphatic carbocycles. The molecule has 0 spiro atoms. The zero-order chi connectivity index (χ0) is 33.9. The van der Waals surface area contributed by atoms with Crippen LogP contribution in [0, 0.1) is 0 Å². The van der Waals surface area contributed by atoms with E-state index < -0.39 is 5.41 Å². The van der Waals surface area contributed by atoms with Crippen LogP contribution in [0.5, 0.6) is 0 Å². The standard InChI is InChI=1S/C46H30N4/c1-4-15-31(16-5-1)43-47-44(32-17-6-2-7-18-32)49-45(48-43)33-27-29-35(30-28-33)46(34-19-8-3-9-20-34)38-23-11-13-26-41(38)50-40-25-12-10-21-36(40)37-22-14-24-39(46)42(37)50/h1-30H/i10D. The number of nitrogens with zero attached hydrogens (tertiary/aromatic N) is 4. The average molecular weight is 640 g/mol. The summed E-state index contributed by atoms with van der Waals surface area (Å²) in [6, 6.07) is 61.7. The van der Waals surface area contributed by atoms with Crippen molar-refractivity contribution >= 4 is 21.8 Å². The predicted octanol–water partition coefficient (Wildman–Crippen LogP) is 10.7. The van der Waals surface area contributed by atoms with Crippen LogP contribution < -0.4 is 0 Å². The van der Waals surface area contributed by atoms with Crippen LogP contribution >= 0.6 is 0 Å². The van der Waals surface area contributed by atoms with Gasteiger partial charge in [-0.25, -0.2) is 15.0 Å². The van der Waals surface area contributed by atoms with E-state index in [1.54, 1.807) is 0 Å². The Hall–Kier alpha value is -6.65. The molecule has 0 fully saturated rings.